The van der Waals surface area contributed by atoms with Crippen molar-refractivity contribution in [2.75, 3.05) is 26.8 Å². The van der Waals surface area contributed by atoms with Gasteiger partial charge in [-0.15, -0.1) is 0 Å². The van der Waals surface area contributed by atoms with Crippen molar-refractivity contribution in [3.05, 3.63) is 81.4 Å². The second-order valence-corrected chi connectivity index (χ2v) is 9.47. The quantitative estimate of drug-likeness (QED) is 0.155. The highest BCUT2D eigenvalue weighted by atomic mass is 127. The first-order valence-electron chi connectivity index (χ1n) is 11.6. The fourth-order valence-corrected chi connectivity index (χ4v) is 4.16. The largest absolute Gasteiger partial charge is 0.508 e. The van der Waals surface area contributed by atoms with Crippen molar-refractivity contribution >= 4 is 40.6 Å². The molecule has 0 aliphatic carbocycles. The number of allylic oxidation sites excluding steroid dienone is 1. The van der Waals surface area contributed by atoms with E-state index in [0.717, 1.165) is 9.13 Å². The summed E-state index contributed by atoms with van der Waals surface area (Å²) in [5, 5.41) is 3.01. The second-order valence-electron chi connectivity index (χ2n) is 8.31. The molecule has 188 valence electrons. The molecule has 8 heteroatoms. The molecule has 1 N–H and O–H groups in total. The van der Waals surface area contributed by atoms with Gasteiger partial charge in [0.25, 0.3) is 5.91 Å². The summed E-state index contributed by atoms with van der Waals surface area (Å²) in [7, 11) is 1.26. The van der Waals surface area contributed by atoms with E-state index >= 15 is 0 Å². The normalized spacial score (nSPS) is 11.8. The van der Waals surface area contributed by atoms with E-state index in [9.17, 15) is 14.4 Å². The van der Waals surface area contributed by atoms with Crippen LogP contribution in [-0.2, 0) is 14.3 Å². The van der Waals surface area contributed by atoms with Crippen LogP contribution < -0.4 is 5.32 Å². The number of hydrogen-bond acceptors (Lipinski definition) is 5. The number of benzene rings is 2. The minimum absolute atomic E-state index is 0.138. The maximum atomic E-state index is 13.5. The lowest BCUT2D eigenvalue weighted by Gasteiger charge is -2.33. The maximum absolute atomic E-state index is 13.5. The van der Waals surface area contributed by atoms with Crippen LogP contribution >= 0.6 is 22.6 Å². The van der Waals surface area contributed by atoms with Crippen LogP contribution in [0.5, 0.6) is 0 Å². The second kappa shape index (κ2) is 15.2. The van der Waals surface area contributed by atoms with E-state index in [1.54, 1.807) is 23.1 Å². The summed E-state index contributed by atoms with van der Waals surface area (Å²) in [5.74, 6) is -0.207. The minimum Gasteiger partial charge on any atom is -0.438 e. The van der Waals surface area contributed by atoms with Crippen LogP contribution in [0.1, 0.15) is 48.7 Å². The van der Waals surface area contributed by atoms with Crippen molar-refractivity contribution in [2.45, 2.75) is 32.7 Å². The van der Waals surface area contributed by atoms with Crippen LogP contribution in [-0.4, -0.2) is 49.7 Å². The average Bonchev–Trinajstić information content (AvgIpc) is 2.86. The van der Waals surface area contributed by atoms with Gasteiger partial charge in [0, 0.05) is 22.2 Å². The fraction of sp³-hybridized carbons (Fsp3) is 0.370. The van der Waals surface area contributed by atoms with E-state index in [1.165, 1.54) is 7.11 Å². The highest BCUT2D eigenvalue weighted by Crippen LogP contribution is 2.28. The predicted octanol–water partition coefficient (Wildman–Crippen LogP) is 5.37. The van der Waals surface area contributed by atoms with E-state index in [-0.39, 0.29) is 24.3 Å². The van der Waals surface area contributed by atoms with E-state index in [0.29, 0.717) is 31.5 Å². The minimum atomic E-state index is -0.748. The molecule has 2 aromatic carbocycles. The van der Waals surface area contributed by atoms with Crippen LogP contribution in [0.3, 0.4) is 0 Å². The van der Waals surface area contributed by atoms with E-state index in [2.05, 4.69) is 32.6 Å². The molecule has 0 bridgehead atoms. The zero-order chi connectivity index (χ0) is 25.6. The lowest BCUT2D eigenvalue weighted by molar-refractivity contribution is -0.126. The Morgan fingerprint density at radius 3 is 2.37 bits per heavy atom. The predicted molar refractivity (Wildman–Crippen MR) is 144 cm³/mol. The van der Waals surface area contributed by atoms with Gasteiger partial charge in [0.05, 0.1) is 7.11 Å². The molecule has 0 aliphatic rings. The van der Waals surface area contributed by atoms with Gasteiger partial charge in [0.1, 0.15) is 12.6 Å². The third-order valence-corrected chi connectivity index (χ3v) is 6.06. The number of carbonyl (C=O) groups is 3. The van der Waals surface area contributed by atoms with Gasteiger partial charge in [-0.2, -0.15) is 0 Å². The topological polar surface area (TPSA) is 84.9 Å². The summed E-state index contributed by atoms with van der Waals surface area (Å²) < 4.78 is 10.1. The van der Waals surface area contributed by atoms with Crippen LogP contribution in [0, 0.1) is 9.49 Å². The van der Waals surface area contributed by atoms with Crippen molar-refractivity contribution in [2.24, 2.45) is 5.92 Å². The van der Waals surface area contributed by atoms with Crippen LogP contribution in [0.15, 0.2) is 66.7 Å². The highest BCUT2D eigenvalue weighted by molar-refractivity contribution is 14.1. The molecule has 0 saturated heterocycles. The first-order chi connectivity index (χ1) is 16.8. The Labute approximate surface area is 221 Å². The van der Waals surface area contributed by atoms with Gasteiger partial charge in [0.2, 0.25) is 5.91 Å². The van der Waals surface area contributed by atoms with Crippen LogP contribution in [0.4, 0.5) is 4.79 Å². The third-order valence-electron chi connectivity index (χ3n) is 5.08. The van der Waals surface area contributed by atoms with Crippen molar-refractivity contribution in [1.82, 2.24) is 10.2 Å². The van der Waals surface area contributed by atoms with E-state index < -0.39 is 12.2 Å². The lowest BCUT2D eigenvalue weighted by Crippen LogP contribution is -2.45. The standard InChI is InChI=1S/C27H33IN2O5/c1-20(2)19-30(26(32)21-13-7-6-8-14-21)24(22-15-9-10-16-23(22)28)25(31)29-17-11-4-5-12-18-35-27(33)34-3/h5-10,12-16,20,24H,4,11,17-19H2,1-3H3,(H,29,31)/b12-5+. The summed E-state index contributed by atoms with van der Waals surface area (Å²) in [6, 6.07) is 16.0. The van der Waals surface area contributed by atoms with Gasteiger partial charge in [-0.25, -0.2) is 4.79 Å². The fourth-order valence-electron chi connectivity index (χ4n) is 3.48. The number of methoxy groups -OCH3 is 1. The Hall–Kier alpha value is -2.88. The molecule has 7 nitrogen and oxygen atoms in total. The Kier molecular flexibility index (Phi) is 12.3. The summed E-state index contributed by atoms with van der Waals surface area (Å²) in [6.07, 6.45) is 4.31. The Morgan fingerprint density at radius 2 is 1.71 bits per heavy atom. The summed E-state index contributed by atoms with van der Waals surface area (Å²) in [5.41, 5.74) is 1.35. The van der Waals surface area contributed by atoms with E-state index in [1.807, 2.05) is 62.4 Å². The molecule has 0 aliphatic heterocycles. The number of hydrogen-bond donors (Lipinski definition) is 1. The molecule has 0 spiro atoms. The van der Waals surface area contributed by atoms with Crippen LogP contribution in [0.25, 0.3) is 0 Å². The monoisotopic (exact) mass is 592 g/mol. The smallest absolute Gasteiger partial charge is 0.438 e. The zero-order valence-corrected chi connectivity index (χ0v) is 22.6. The number of halogens is 1. The van der Waals surface area contributed by atoms with Crippen molar-refractivity contribution in [3.63, 3.8) is 0 Å². The summed E-state index contributed by atoms with van der Waals surface area (Å²) in [4.78, 5) is 39.7. The third kappa shape index (κ3) is 9.35. The Bertz CT molecular complexity index is 994. The molecule has 2 aromatic rings. The highest BCUT2D eigenvalue weighted by Gasteiger charge is 2.33. The van der Waals surface area contributed by atoms with Gasteiger partial charge in [-0.1, -0.05) is 62.4 Å². The number of nitrogens with one attached hydrogen (secondary N) is 1. The molecule has 1 unspecified atom stereocenters. The van der Waals surface area contributed by atoms with Gasteiger partial charge in [-0.3, -0.25) is 9.59 Å². The van der Waals surface area contributed by atoms with Crippen molar-refractivity contribution in [3.8, 4) is 0 Å². The molecule has 35 heavy (non-hydrogen) atoms. The van der Waals surface area contributed by atoms with Gasteiger partial charge in [-0.05, 0) is 65.1 Å². The number of amides is 2. The molecular formula is C27H33IN2O5. The number of carbonyl (C=O) groups excluding carboxylic acids is 3. The number of ether oxygens (including phenoxy) is 2. The first kappa shape index (κ1) is 28.4. The molecule has 0 fully saturated rings. The molecule has 1 atom stereocenters. The van der Waals surface area contributed by atoms with Crippen LogP contribution in [0.2, 0.25) is 0 Å². The molecule has 0 heterocycles. The van der Waals surface area contributed by atoms with Gasteiger partial charge < -0.3 is 19.7 Å². The molecule has 2 amide bonds. The number of unbranched alkanes of at least 4 members (excludes halogenated alkanes) is 1. The molecule has 2 rings (SSSR count). The van der Waals surface area contributed by atoms with E-state index in [4.69, 9.17) is 4.74 Å². The zero-order valence-electron chi connectivity index (χ0n) is 20.4. The lowest BCUT2D eigenvalue weighted by atomic mass is 10.0. The van der Waals surface area contributed by atoms with Crippen molar-refractivity contribution in [1.29, 1.82) is 0 Å². The number of rotatable bonds is 12. The molecular weight excluding hydrogens is 559 g/mol. The summed E-state index contributed by atoms with van der Waals surface area (Å²) >= 11 is 2.21. The molecule has 0 saturated carbocycles. The average molecular weight is 592 g/mol. The maximum Gasteiger partial charge on any atom is 0.508 e. The van der Waals surface area contributed by atoms with Gasteiger partial charge in [0.15, 0.2) is 0 Å². The molecule has 0 aromatic heterocycles. The Morgan fingerprint density at radius 1 is 1.03 bits per heavy atom. The first-order valence-corrected chi connectivity index (χ1v) is 12.7. The number of nitrogens with zero attached hydrogens (tertiary/aromatic N) is 1. The van der Waals surface area contributed by atoms with Gasteiger partial charge >= 0.3 is 6.16 Å². The summed E-state index contributed by atoms with van der Waals surface area (Å²) in [6.45, 7) is 5.11. The Balaban J connectivity index is 2.15. The van der Waals surface area contributed by atoms with Crippen molar-refractivity contribution < 1.29 is 23.9 Å². The SMILES string of the molecule is COC(=O)OC/C=C/CCCNC(=O)C(c1ccccc1I)N(CC(C)C)C(=O)c1ccccc1. The molecule has 0 radical (unpaired) electrons.